The SMILES string of the molecule is CCCc1ccc(OCCNc2ncnc(C)c2Cl)c(C)c1. The third-order valence-corrected chi connectivity index (χ3v) is 3.85. The van der Waals surface area contributed by atoms with Crippen molar-refractivity contribution in [2.45, 2.75) is 33.6 Å². The lowest BCUT2D eigenvalue weighted by atomic mass is 10.1. The predicted molar refractivity (Wildman–Crippen MR) is 90.9 cm³/mol. The summed E-state index contributed by atoms with van der Waals surface area (Å²) < 4.78 is 5.81. The number of rotatable bonds is 7. The first-order valence-electron chi connectivity index (χ1n) is 7.55. The van der Waals surface area contributed by atoms with E-state index in [1.807, 2.05) is 13.0 Å². The molecule has 0 aliphatic heterocycles. The molecule has 118 valence electrons. The summed E-state index contributed by atoms with van der Waals surface area (Å²) in [5.74, 6) is 1.57. The van der Waals surface area contributed by atoms with Crippen LogP contribution in [0.1, 0.15) is 30.2 Å². The van der Waals surface area contributed by atoms with Gasteiger partial charge in [0.1, 0.15) is 29.5 Å². The highest BCUT2D eigenvalue weighted by molar-refractivity contribution is 6.33. The Labute approximate surface area is 136 Å². The van der Waals surface area contributed by atoms with Gasteiger partial charge in [0.25, 0.3) is 0 Å². The van der Waals surface area contributed by atoms with Crippen molar-refractivity contribution in [1.82, 2.24) is 9.97 Å². The van der Waals surface area contributed by atoms with Crippen molar-refractivity contribution in [2.75, 3.05) is 18.5 Å². The first-order valence-corrected chi connectivity index (χ1v) is 7.93. The molecule has 1 heterocycles. The molecule has 1 aromatic carbocycles. The highest BCUT2D eigenvalue weighted by atomic mass is 35.5. The first-order chi connectivity index (χ1) is 10.6. The van der Waals surface area contributed by atoms with Crippen LogP contribution in [0.4, 0.5) is 5.82 Å². The van der Waals surface area contributed by atoms with E-state index in [9.17, 15) is 0 Å². The van der Waals surface area contributed by atoms with Crippen LogP contribution >= 0.6 is 11.6 Å². The van der Waals surface area contributed by atoms with Gasteiger partial charge in [0, 0.05) is 0 Å². The number of nitrogens with one attached hydrogen (secondary N) is 1. The summed E-state index contributed by atoms with van der Waals surface area (Å²) in [6, 6.07) is 6.36. The smallest absolute Gasteiger partial charge is 0.148 e. The van der Waals surface area contributed by atoms with Crippen LogP contribution in [0.15, 0.2) is 24.5 Å². The lowest BCUT2D eigenvalue weighted by molar-refractivity contribution is 0.330. The molecule has 22 heavy (non-hydrogen) atoms. The quantitative estimate of drug-likeness (QED) is 0.777. The zero-order chi connectivity index (χ0) is 15.9. The Kier molecular flexibility index (Phi) is 6.01. The van der Waals surface area contributed by atoms with Crippen LogP contribution in [0.25, 0.3) is 0 Å². The second-order valence-electron chi connectivity index (χ2n) is 5.25. The summed E-state index contributed by atoms with van der Waals surface area (Å²) in [6.07, 6.45) is 3.76. The van der Waals surface area contributed by atoms with Crippen molar-refractivity contribution < 1.29 is 4.74 Å². The first kappa shape index (κ1) is 16.6. The fourth-order valence-electron chi connectivity index (χ4n) is 2.23. The molecule has 1 N–H and O–H groups in total. The second kappa shape index (κ2) is 7.99. The van der Waals surface area contributed by atoms with E-state index in [0.717, 1.165) is 24.3 Å². The van der Waals surface area contributed by atoms with Gasteiger partial charge < -0.3 is 10.1 Å². The number of anilines is 1. The minimum Gasteiger partial charge on any atom is -0.491 e. The van der Waals surface area contributed by atoms with Crippen LogP contribution in [0.5, 0.6) is 5.75 Å². The number of aryl methyl sites for hydroxylation is 3. The Morgan fingerprint density at radius 3 is 2.77 bits per heavy atom. The van der Waals surface area contributed by atoms with Crippen molar-refractivity contribution in [3.63, 3.8) is 0 Å². The van der Waals surface area contributed by atoms with Gasteiger partial charge in [-0.3, -0.25) is 0 Å². The minimum atomic E-state index is 0.549. The van der Waals surface area contributed by atoms with Crippen molar-refractivity contribution in [3.05, 3.63) is 46.4 Å². The van der Waals surface area contributed by atoms with E-state index in [0.29, 0.717) is 24.0 Å². The Balaban J connectivity index is 1.85. The number of halogens is 1. The molecule has 0 saturated carbocycles. The summed E-state index contributed by atoms with van der Waals surface area (Å²) in [7, 11) is 0. The van der Waals surface area contributed by atoms with Crippen molar-refractivity contribution in [2.24, 2.45) is 0 Å². The van der Waals surface area contributed by atoms with Crippen molar-refractivity contribution >= 4 is 17.4 Å². The van der Waals surface area contributed by atoms with Gasteiger partial charge in [-0.1, -0.05) is 37.1 Å². The molecule has 1 aromatic heterocycles. The molecular formula is C17H22ClN3O. The maximum absolute atomic E-state index is 6.13. The molecular weight excluding hydrogens is 298 g/mol. The topological polar surface area (TPSA) is 47.0 Å². The molecule has 0 bridgehead atoms. The number of hydrogen-bond donors (Lipinski definition) is 1. The zero-order valence-electron chi connectivity index (χ0n) is 13.3. The number of nitrogens with zero attached hydrogens (tertiary/aromatic N) is 2. The van der Waals surface area contributed by atoms with E-state index >= 15 is 0 Å². The van der Waals surface area contributed by atoms with Crippen LogP contribution in [0.2, 0.25) is 5.02 Å². The third-order valence-electron chi connectivity index (χ3n) is 3.39. The van der Waals surface area contributed by atoms with E-state index < -0.39 is 0 Å². The third kappa shape index (κ3) is 4.34. The molecule has 0 spiro atoms. The summed E-state index contributed by atoms with van der Waals surface area (Å²) in [5.41, 5.74) is 3.29. The van der Waals surface area contributed by atoms with Crippen molar-refractivity contribution in [1.29, 1.82) is 0 Å². The molecule has 0 amide bonds. The highest BCUT2D eigenvalue weighted by Gasteiger charge is 2.05. The molecule has 2 aromatic rings. The summed E-state index contributed by atoms with van der Waals surface area (Å²) in [6.45, 7) is 7.30. The average molecular weight is 320 g/mol. The van der Waals surface area contributed by atoms with Gasteiger partial charge in [0.15, 0.2) is 0 Å². The molecule has 0 atom stereocenters. The van der Waals surface area contributed by atoms with Crippen LogP contribution in [0.3, 0.4) is 0 Å². The van der Waals surface area contributed by atoms with Crippen LogP contribution in [-0.2, 0) is 6.42 Å². The molecule has 0 saturated heterocycles. The van der Waals surface area contributed by atoms with Crippen LogP contribution in [-0.4, -0.2) is 23.1 Å². The average Bonchev–Trinajstić information content (AvgIpc) is 2.50. The zero-order valence-corrected chi connectivity index (χ0v) is 14.1. The normalized spacial score (nSPS) is 10.5. The van der Waals surface area contributed by atoms with Crippen LogP contribution in [0, 0.1) is 13.8 Å². The maximum atomic E-state index is 6.13. The lowest BCUT2D eigenvalue weighted by Gasteiger charge is -2.12. The Morgan fingerprint density at radius 1 is 1.23 bits per heavy atom. The molecule has 5 heteroatoms. The largest absolute Gasteiger partial charge is 0.491 e. The Bertz CT molecular complexity index is 631. The predicted octanol–water partition coefficient (Wildman–Crippen LogP) is 4.19. The fraction of sp³-hybridized carbons (Fsp3) is 0.412. The minimum absolute atomic E-state index is 0.549. The Hall–Kier alpha value is -1.81. The van der Waals surface area contributed by atoms with Gasteiger partial charge in [-0.2, -0.15) is 0 Å². The van der Waals surface area contributed by atoms with Gasteiger partial charge in [-0.15, -0.1) is 0 Å². The molecule has 0 radical (unpaired) electrons. The number of benzene rings is 1. The van der Waals surface area contributed by atoms with Crippen LogP contribution < -0.4 is 10.1 Å². The van der Waals surface area contributed by atoms with Gasteiger partial charge in [-0.25, -0.2) is 9.97 Å². The number of aromatic nitrogens is 2. The monoisotopic (exact) mass is 319 g/mol. The number of hydrogen-bond acceptors (Lipinski definition) is 4. The molecule has 4 nitrogen and oxygen atoms in total. The van der Waals surface area contributed by atoms with E-state index in [2.05, 4.69) is 41.3 Å². The van der Waals surface area contributed by atoms with E-state index in [4.69, 9.17) is 16.3 Å². The van der Waals surface area contributed by atoms with Gasteiger partial charge >= 0.3 is 0 Å². The van der Waals surface area contributed by atoms with Gasteiger partial charge in [0.2, 0.25) is 0 Å². The maximum Gasteiger partial charge on any atom is 0.148 e. The second-order valence-corrected chi connectivity index (χ2v) is 5.62. The molecule has 0 fully saturated rings. The number of ether oxygens (including phenoxy) is 1. The molecule has 0 aliphatic carbocycles. The van der Waals surface area contributed by atoms with E-state index in [1.165, 1.54) is 17.5 Å². The van der Waals surface area contributed by atoms with Gasteiger partial charge in [-0.05, 0) is 37.5 Å². The molecule has 0 aliphatic rings. The van der Waals surface area contributed by atoms with E-state index in [1.54, 1.807) is 0 Å². The fourth-order valence-corrected chi connectivity index (χ4v) is 2.39. The molecule has 0 unspecified atom stereocenters. The highest BCUT2D eigenvalue weighted by Crippen LogP contribution is 2.21. The van der Waals surface area contributed by atoms with Gasteiger partial charge in [0.05, 0.1) is 12.2 Å². The standard InChI is InChI=1S/C17H22ClN3O/c1-4-5-14-6-7-15(12(2)10-14)22-9-8-19-17-16(18)13(3)20-11-21-17/h6-7,10-11H,4-5,8-9H2,1-3H3,(H,19,20,21). The summed E-state index contributed by atoms with van der Waals surface area (Å²) in [4.78, 5) is 8.16. The summed E-state index contributed by atoms with van der Waals surface area (Å²) >= 11 is 6.13. The van der Waals surface area contributed by atoms with E-state index in [-0.39, 0.29) is 0 Å². The summed E-state index contributed by atoms with van der Waals surface area (Å²) in [5, 5.41) is 3.73. The lowest BCUT2D eigenvalue weighted by Crippen LogP contribution is -2.13. The van der Waals surface area contributed by atoms with Crippen molar-refractivity contribution in [3.8, 4) is 5.75 Å². The molecule has 2 rings (SSSR count). The Morgan fingerprint density at radius 2 is 2.05 bits per heavy atom.